The lowest BCUT2D eigenvalue weighted by Crippen LogP contribution is -2.35. The van der Waals surface area contributed by atoms with Crippen molar-refractivity contribution in [1.82, 2.24) is 15.2 Å². The van der Waals surface area contributed by atoms with Crippen LogP contribution in [0.15, 0.2) is 36.7 Å². The van der Waals surface area contributed by atoms with Crippen molar-refractivity contribution in [2.75, 3.05) is 6.61 Å². The first kappa shape index (κ1) is 14.3. The molecule has 2 aromatic rings. The Hall–Kier alpha value is -1.69. The number of aryl methyl sites for hydroxylation is 1. The predicted octanol–water partition coefficient (Wildman–Crippen LogP) is 2.11. The lowest BCUT2D eigenvalue weighted by atomic mass is 9.91. The van der Waals surface area contributed by atoms with Crippen LogP contribution in [0.1, 0.15) is 42.2 Å². The van der Waals surface area contributed by atoms with Gasteiger partial charge in [-0.05, 0) is 24.0 Å². The Balaban J connectivity index is 1.89. The molecular weight excluding hydrogens is 264 g/mol. The van der Waals surface area contributed by atoms with E-state index in [4.69, 9.17) is 10.6 Å². The van der Waals surface area contributed by atoms with E-state index in [1.54, 1.807) is 0 Å². The van der Waals surface area contributed by atoms with Gasteiger partial charge in [-0.15, -0.1) is 0 Å². The lowest BCUT2D eigenvalue weighted by molar-refractivity contribution is 0.0147. The molecule has 3 rings (SSSR count). The topological polar surface area (TPSA) is 65.1 Å². The van der Waals surface area contributed by atoms with Gasteiger partial charge in [0.1, 0.15) is 6.10 Å². The van der Waals surface area contributed by atoms with Gasteiger partial charge in [0.05, 0.1) is 18.8 Å². The van der Waals surface area contributed by atoms with Crippen LogP contribution in [0.5, 0.6) is 0 Å². The molecule has 1 aromatic heterocycles. The standard InChI is InChI=1S/C16H22N4O/c1-2-8-20-11-13(10-18-20)15(19-17)16-14-6-4-3-5-12(14)7-9-21-16/h3-6,10-11,15-16,19H,2,7-9,17H2,1H3. The number of fused-ring (bicyclic) bond motifs is 1. The van der Waals surface area contributed by atoms with Crippen LogP contribution in [-0.2, 0) is 17.7 Å². The smallest absolute Gasteiger partial charge is 0.104 e. The van der Waals surface area contributed by atoms with Crippen molar-refractivity contribution in [2.24, 2.45) is 5.84 Å². The van der Waals surface area contributed by atoms with Crippen LogP contribution in [0.25, 0.3) is 0 Å². The number of aromatic nitrogens is 2. The minimum absolute atomic E-state index is 0.0702. The van der Waals surface area contributed by atoms with E-state index in [0.29, 0.717) is 0 Å². The van der Waals surface area contributed by atoms with E-state index in [0.717, 1.165) is 31.6 Å². The Kier molecular flexibility index (Phi) is 4.34. The number of nitrogens with one attached hydrogen (secondary N) is 1. The van der Waals surface area contributed by atoms with Crippen LogP contribution in [0.4, 0.5) is 0 Å². The summed E-state index contributed by atoms with van der Waals surface area (Å²) in [5, 5.41) is 4.39. The number of hydrazine groups is 1. The maximum atomic E-state index is 6.00. The van der Waals surface area contributed by atoms with E-state index in [1.807, 2.05) is 10.9 Å². The van der Waals surface area contributed by atoms with Gasteiger partial charge in [-0.25, -0.2) is 5.43 Å². The molecule has 1 aromatic carbocycles. The quantitative estimate of drug-likeness (QED) is 0.652. The van der Waals surface area contributed by atoms with Crippen LogP contribution < -0.4 is 11.3 Å². The fourth-order valence-electron chi connectivity index (χ4n) is 2.95. The molecule has 1 aliphatic rings. The van der Waals surface area contributed by atoms with Gasteiger partial charge in [0.25, 0.3) is 0 Å². The van der Waals surface area contributed by atoms with Crippen LogP contribution in [0.3, 0.4) is 0 Å². The second-order valence-corrected chi connectivity index (χ2v) is 5.42. The predicted molar refractivity (Wildman–Crippen MR) is 81.4 cm³/mol. The molecule has 0 radical (unpaired) electrons. The first-order valence-electron chi connectivity index (χ1n) is 7.51. The molecule has 0 fully saturated rings. The third-order valence-corrected chi connectivity index (χ3v) is 3.98. The van der Waals surface area contributed by atoms with Gasteiger partial charge in [0.15, 0.2) is 0 Å². The Morgan fingerprint density at radius 2 is 2.33 bits per heavy atom. The van der Waals surface area contributed by atoms with E-state index in [1.165, 1.54) is 11.1 Å². The average molecular weight is 286 g/mol. The molecule has 2 atom stereocenters. The van der Waals surface area contributed by atoms with Crippen LogP contribution in [-0.4, -0.2) is 16.4 Å². The van der Waals surface area contributed by atoms with Gasteiger partial charge >= 0.3 is 0 Å². The molecule has 0 spiro atoms. The summed E-state index contributed by atoms with van der Waals surface area (Å²) in [5.41, 5.74) is 6.53. The summed E-state index contributed by atoms with van der Waals surface area (Å²) in [4.78, 5) is 0. The average Bonchev–Trinajstić information content (AvgIpc) is 2.97. The molecule has 0 saturated heterocycles. The molecule has 112 valence electrons. The van der Waals surface area contributed by atoms with Gasteiger partial charge in [-0.2, -0.15) is 5.10 Å². The summed E-state index contributed by atoms with van der Waals surface area (Å²) >= 11 is 0. The number of nitrogens with two attached hydrogens (primary N) is 1. The number of ether oxygens (including phenoxy) is 1. The maximum absolute atomic E-state index is 6.00. The maximum Gasteiger partial charge on any atom is 0.104 e. The van der Waals surface area contributed by atoms with Gasteiger partial charge in [0.2, 0.25) is 0 Å². The van der Waals surface area contributed by atoms with Crippen LogP contribution >= 0.6 is 0 Å². The third-order valence-electron chi connectivity index (χ3n) is 3.98. The first-order chi connectivity index (χ1) is 10.3. The van der Waals surface area contributed by atoms with Crippen LogP contribution in [0, 0.1) is 0 Å². The van der Waals surface area contributed by atoms with Gasteiger partial charge in [-0.3, -0.25) is 10.5 Å². The number of rotatable bonds is 5. The molecule has 0 aliphatic carbocycles. The molecule has 1 aliphatic heterocycles. The molecule has 2 heterocycles. The van der Waals surface area contributed by atoms with Crippen molar-refractivity contribution < 1.29 is 4.74 Å². The Morgan fingerprint density at radius 3 is 3.14 bits per heavy atom. The van der Waals surface area contributed by atoms with Crippen molar-refractivity contribution >= 4 is 0 Å². The summed E-state index contributed by atoms with van der Waals surface area (Å²) in [6.07, 6.45) is 5.87. The van der Waals surface area contributed by atoms with E-state index >= 15 is 0 Å². The van der Waals surface area contributed by atoms with Crippen molar-refractivity contribution in [2.45, 2.75) is 38.5 Å². The molecule has 0 bridgehead atoms. The van der Waals surface area contributed by atoms with E-state index in [2.05, 4.69) is 47.9 Å². The number of benzene rings is 1. The fraction of sp³-hybridized carbons (Fsp3) is 0.438. The summed E-state index contributed by atoms with van der Waals surface area (Å²) in [5.74, 6) is 5.81. The second-order valence-electron chi connectivity index (χ2n) is 5.42. The summed E-state index contributed by atoms with van der Waals surface area (Å²) < 4.78 is 7.95. The highest BCUT2D eigenvalue weighted by Gasteiger charge is 2.30. The number of nitrogens with zero attached hydrogens (tertiary/aromatic N) is 2. The molecule has 21 heavy (non-hydrogen) atoms. The zero-order valence-corrected chi connectivity index (χ0v) is 12.3. The van der Waals surface area contributed by atoms with E-state index in [-0.39, 0.29) is 12.1 Å². The zero-order chi connectivity index (χ0) is 14.7. The largest absolute Gasteiger partial charge is 0.371 e. The molecular formula is C16H22N4O. The van der Waals surface area contributed by atoms with E-state index < -0.39 is 0 Å². The lowest BCUT2D eigenvalue weighted by Gasteiger charge is -2.31. The van der Waals surface area contributed by atoms with Crippen LogP contribution in [0.2, 0.25) is 0 Å². The summed E-state index contributed by atoms with van der Waals surface area (Å²) in [7, 11) is 0. The Labute approximate surface area is 125 Å². The molecule has 0 saturated carbocycles. The highest BCUT2D eigenvalue weighted by atomic mass is 16.5. The van der Waals surface area contributed by atoms with Crippen molar-refractivity contribution in [1.29, 1.82) is 0 Å². The number of hydrogen-bond acceptors (Lipinski definition) is 4. The Bertz CT molecular complexity index is 595. The first-order valence-corrected chi connectivity index (χ1v) is 7.51. The minimum atomic E-state index is -0.0861. The van der Waals surface area contributed by atoms with E-state index in [9.17, 15) is 0 Å². The van der Waals surface area contributed by atoms with Crippen molar-refractivity contribution in [3.05, 3.63) is 53.3 Å². The summed E-state index contributed by atoms with van der Waals surface area (Å²) in [6, 6.07) is 8.33. The SMILES string of the molecule is CCCn1cc(C(NN)C2OCCc3ccccc32)cn1. The minimum Gasteiger partial charge on any atom is -0.371 e. The monoisotopic (exact) mass is 286 g/mol. The zero-order valence-electron chi connectivity index (χ0n) is 12.3. The van der Waals surface area contributed by atoms with Gasteiger partial charge in [0, 0.05) is 18.3 Å². The number of hydrogen-bond donors (Lipinski definition) is 2. The highest BCUT2D eigenvalue weighted by molar-refractivity contribution is 5.33. The molecule has 2 unspecified atom stereocenters. The van der Waals surface area contributed by atoms with Crippen molar-refractivity contribution in [3.63, 3.8) is 0 Å². The third kappa shape index (κ3) is 2.85. The normalized spacial score (nSPS) is 19.2. The highest BCUT2D eigenvalue weighted by Crippen LogP contribution is 2.36. The summed E-state index contributed by atoms with van der Waals surface area (Å²) in [6.45, 7) is 3.78. The second kappa shape index (κ2) is 6.39. The molecule has 3 N–H and O–H groups in total. The molecule has 0 amide bonds. The van der Waals surface area contributed by atoms with Gasteiger partial charge < -0.3 is 4.74 Å². The fourth-order valence-corrected chi connectivity index (χ4v) is 2.95. The van der Waals surface area contributed by atoms with Gasteiger partial charge in [-0.1, -0.05) is 31.2 Å². The Morgan fingerprint density at radius 1 is 1.48 bits per heavy atom. The van der Waals surface area contributed by atoms with Crippen molar-refractivity contribution in [3.8, 4) is 0 Å². The molecule has 5 heteroatoms. The molecule has 5 nitrogen and oxygen atoms in total.